The molecule has 130 valence electrons. The average molecular weight is 377 g/mol. The van der Waals surface area contributed by atoms with Crippen molar-refractivity contribution < 1.29 is 4.79 Å². The second kappa shape index (κ2) is 8.23. The van der Waals surface area contributed by atoms with Crippen LogP contribution in [0, 0.1) is 0 Å². The molecule has 0 aliphatic carbocycles. The highest BCUT2D eigenvalue weighted by Gasteiger charge is 2.07. The van der Waals surface area contributed by atoms with Gasteiger partial charge in [-0.2, -0.15) is 0 Å². The maximum Gasteiger partial charge on any atom is 0.220 e. The standard InChI is InChI=1S/C18H18Cl2N4O/c19-13-9-15(20)18(24-11-13)22-8-7-21-17(25)6-5-12-10-23-16-4-2-1-3-14(12)16/h1-4,9-11,23H,5-8H2,(H,21,25)(H,22,24). The number of para-hydroxylation sites is 1. The molecule has 0 saturated carbocycles. The number of H-pyrrole nitrogens is 1. The second-order valence-corrected chi connectivity index (χ2v) is 6.46. The number of carbonyl (C=O) groups is 1. The molecule has 0 aliphatic heterocycles. The van der Waals surface area contributed by atoms with Crippen molar-refractivity contribution in [1.29, 1.82) is 0 Å². The van der Waals surface area contributed by atoms with E-state index >= 15 is 0 Å². The van der Waals surface area contributed by atoms with Crippen LogP contribution in [0.3, 0.4) is 0 Å². The molecule has 1 amide bonds. The molecule has 3 rings (SSSR count). The van der Waals surface area contributed by atoms with Gasteiger partial charge in [0.15, 0.2) is 0 Å². The third-order valence-electron chi connectivity index (χ3n) is 3.84. The predicted molar refractivity (Wildman–Crippen MR) is 102 cm³/mol. The molecule has 0 atom stereocenters. The Morgan fingerprint density at radius 1 is 1.20 bits per heavy atom. The lowest BCUT2D eigenvalue weighted by Crippen LogP contribution is -2.29. The van der Waals surface area contributed by atoms with Crippen LogP contribution in [-0.4, -0.2) is 29.0 Å². The van der Waals surface area contributed by atoms with Gasteiger partial charge in [-0.05, 0) is 24.1 Å². The third-order valence-corrected chi connectivity index (χ3v) is 4.34. The molecule has 0 spiro atoms. The minimum absolute atomic E-state index is 0.0160. The lowest BCUT2D eigenvalue weighted by atomic mass is 10.1. The van der Waals surface area contributed by atoms with E-state index < -0.39 is 0 Å². The van der Waals surface area contributed by atoms with Crippen LogP contribution in [0.15, 0.2) is 42.7 Å². The van der Waals surface area contributed by atoms with Crippen LogP contribution >= 0.6 is 23.2 Å². The molecule has 0 unspecified atom stereocenters. The van der Waals surface area contributed by atoms with Crippen molar-refractivity contribution in [3.05, 3.63) is 58.3 Å². The van der Waals surface area contributed by atoms with E-state index in [2.05, 4.69) is 26.7 Å². The number of aromatic nitrogens is 2. The maximum absolute atomic E-state index is 12.0. The number of fused-ring (bicyclic) bond motifs is 1. The van der Waals surface area contributed by atoms with E-state index in [-0.39, 0.29) is 5.91 Å². The number of pyridine rings is 1. The Labute approximate surface area is 155 Å². The number of anilines is 1. The number of amides is 1. The van der Waals surface area contributed by atoms with E-state index in [0.717, 1.165) is 11.1 Å². The van der Waals surface area contributed by atoms with E-state index in [1.165, 1.54) is 11.6 Å². The molecule has 0 radical (unpaired) electrons. The molecule has 5 nitrogen and oxygen atoms in total. The highest BCUT2D eigenvalue weighted by molar-refractivity contribution is 6.35. The SMILES string of the molecule is O=C(CCc1c[nH]c2ccccc12)NCCNc1ncc(Cl)cc1Cl. The summed E-state index contributed by atoms with van der Waals surface area (Å²) in [5.74, 6) is 0.571. The minimum atomic E-state index is 0.0160. The number of aromatic amines is 1. The van der Waals surface area contributed by atoms with Crippen LogP contribution in [0.5, 0.6) is 0 Å². The molecule has 0 fully saturated rings. The van der Waals surface area contributed by atoms with Gasteiger partial charge in [-0.1, -0.05) is 41.4 Å². The third kappa shape index (κ3) is 4.65. The molecule has 0 bridgehead atoms. The summed E-state index contributed by atoms with van der Waals surface area (Å²) in [6, 6.07) is 9.70. The van der Waals surface area contributed by atoms with Crippen molar-refractivity contribution >= 4 is 45.8 Å². The first-order valence-electron chi connectivity index (χ1n) is 8.00. The summed E-state index contributed by atoms with van der Waals surface area (Å²) < 4.78 is 0. The van der Waals surface area contributed by atoms with Gasteiger partial charge in [0.2, 0.25) is 5.91 Å². The van der Waals surface area contributed by atoms with Crippen molar-refractivity contribution in [2.24, 2.45) is 0 Å². The van der Waals surface area contributed by atoms with E-state index in [4.69, 9.17) is 23.2 Å². The average Bonchev–Trinajstić information content (AvgIpc) is 3.01. The Balaban J connectivity index is 1.41. The van der Waals surface area contributed by atoms with Crippen LogP contribution < -0.4 is 10.6 Å². The molecule has 0 saturated heterocycles. The van der Waals surface area contributed by atoms with Gasteiger partial charge in [0.05, 0.1) is 10.0 Å². The molecule has 3 aromatic rings. The molecule has 2 heterocycles. The van der Waals surface area contributed by atoms with Crippen LogP contribution in [-0.2, 0) is 11.2 Å². The normalized spacial score (nSPS) is 10.8. The first kappa shape index (κ1) is 17.6. The minimum Gasteiger partial charge on any atom is -0.367 e. The Morgan fingerprint density at radius 3 is 2.88 bits per heavy atom. The summed E-state index contributed by atoms with van der Waals surface area (Å²) in [5.41, 5.74) is 2.25. The largest absolute Gasteiger partial charge is 0.367 e. The number of nitrogens with one attached hydrogen (secondary N) is 3. The number of nitrogens with zero attached hydrogens (tertiary/aromatic N) is 1. The molecule has 3 N–H and O–H groups in total. The topological polar surface area (TPSA) is 69.8 Å². The summed E-state index contributed by atoms with van der Waals surface area (Å²) in [5, 5.41) is 8.06. The number of carbonyl (C=O) groups excluding carboxylic acids is 1. The summed E-state index contributed by atoms with van der Waals surface area (Å²) in [7, 11) is 0. The fraction of sp³-hybridized carbons (Fsp3) is 0.222. The second-order valence-electron chi connectivity index (χ2n) is 5.62. The first-order valence-corrected chi connectivity index (χ1v) is 8.75. The Morgan fingerprint density at radius 2 is 2.04 bits per heavy atom. The van der Waals surface area contributed by atoms with Crippen LogP contribution in [0.2, 0.25) is 10.0 Å². The molecule has 2 aromatic heterocycles. The zero-order valence-corrected chi connectivity index (χ0v) is 15.0. The van der Waals surface area contributed by atoms with Gasteiger partial charge in [-0.25, -0.2) is 4.98 Å². The van der Waals surface area contributed by atoms with Crippen molar-refractivity contribution in [1.82, 2.24) is 15.3 Å². The van der Waals surface area contributed by atoms with Crippen LogP contribution in [0.4, 0.5) is 5.82 Å². The fourth-order valence-electron chi connectivity index (χ4n) is 2.60. The van der Waals surface area contributed by atoms with Gasteiger partial charge in [-0.3, -0.25) is 4.79 Å². The Kier molecular flexibility index (Phi) is 5.79. The van der Waals surface area contributed by atoms with Crippen molar-refractivity contribution in [3.63, 3.8) is 0 Å². The molecule has 7 heteroatoms. The molecule has 25 heavy (non-hydrogen) atoms. The van der Waals surface area contributed by atoms with Crippen molar-refractivity contribution in [2.75, 3.05) is 18.4 Å². The van der Waals surface area contributed by atoms with Gasteiger partial charge >= 0.3 is 0 Å². The summed E-state index contributed by atoms with van der Waals surface area (Å²) >= 11 is 11.8. The van der Waals surface area contributed by atoms with E-state index in [1.807, 2.05) is 24.4 Å². The first-order chi connectivity index (χ1) is 12.1. The zero-order chi connectivity index (χ0) is 17.6. The molecular formula is C18H18Cl2N4O. The van der Waals surface area contributed by atoms with E-state index in [0.29, 0.717) is 41.8 Å². The Bertz CT molecular complexity index is 878. The predicted octanol–water partition coefficient (Wildman–Crippen LogP) is 4.03. The summed E-state index contributed by atoms with van der Waals surface area (Å²) in [6.07, 6.45) is 4.64. The van der Waals surface area contributed by atoms with Crippen LogP contribution in [0.1, 0.15) is 12.0 Å². The van der Waals surface area contributed by atoms with Gasteiger partial charge in [0, 0.05) is 42.8 Å². The lowest BCUT2D eigenvalue weighted by molar-refractivity contribution is -0.120. The van der Waals surface area contributed by atoms with E-state index in [9.17, 15) is 4.79 Å². The maximum atomic E-state index is 12.0. The highest BCUT2D eigenvalue weighted by atomic mass is 35.5. The van der Waals surface area contributed by atoms with Gasteiger partial charge in [0.1, 0.15) is 5.82 Å². The number of aryl methyl sites for hydroxylation is 1. The number of benzene rings is 1. The monoisotopic (exact) mass is 376 g/mol. The van der Waals surface area contributed by atoms with Crippen LogP contribution in [0.25, 0.3) is 10.9 Å². The molecule has 1 aromatic carbocycles. The van der Waals surface area contributed by atoms with Gasteiger partial charge in [-0.15, -0.1) is 0 Å². The number of hydrogen-bond donors (Lipinski definition) is 3. The number of hydrogen-bond acceptors (Lipinski definition) is 3. The number of rotatable bonds is 7. The van der Waals surface area contributed by atoms with Crippen molar-refractivity contribution in [3.8, 4) is 0 Å². The lowest BCUT2D eigenvalue weighted by Gasteiger charge is -2.08. The molecule has 0 aliphatic rings. The Hall–Kier alpha value is -2.24. The molecular weight excluding hydrogens is 359 g/mol. The van der Waals surface area contributed by atoms with Gasteiger partial charge < -0.3 is 15.6 Å². The fourth-order valence-corrected chi connectivity index (χ4v) is 3.05. The van der Waals surface area contributed by atoms with Crippen molar-refractivity contribution in [2.45, 2.75) is 12.8 Å². The number of halogens is 2. The van der Waals surface area contributed by atoms with E-state index in [1.54, 1.807) is 6.07 Å². The van der Waals surface area contributed by atoms with Gasteiger partial charge in [0.25, 0.3) is 0 Å². The summed E-state index contributed by atoms with van der Waals surface area (Å²) in [4.78, 5) is 19.3. The highest BCUT2D eigenvalue weighted by Crippen LogP contribution is 2.22. The summed E-state index contributed by atoms with van der Waals surface area (Å²) in [6.45, 7) is 1.03. The quantitative estimate of drug-likeness (QED) is 0.545. The zero-order valence-electron chi connectivity index (χ0n) is 13.5. The smallest absolute Gasteiger partial charge is 0.220 e.